The number of rotatable bonds is 0. The van der Waals surface area contributed by atoms with Crippen LogP contribution >= 0.6 is 15.9 Å². The third-order valence-corrected chi connectivity index (χ3v) is 3.06. The quantitative estimate of drug-likeness (QED) is 0.705. The van der Waals surface area contributed by atoms with Crippen molar-refractivity contribution >= 4 is 15.9 Å². The summed E-state index contributed by atoms with van der Waals surface area (Å²) in [5, 5.41) is 9.48. The predicted octanol–water partition coefficient (Wildman–Crippen LogP) is 3.08. The number of phenolic OH excluding ortho intramolecular Hbond substituents is 1. The number of hydrogen-bond acceptors (Lipinski definition) is 1. The molecular formula is C9H11BrO. The third kappa shape index (κ3) is 1.41. The first-order chi connectivity index (χ1) is 5.04. The predicted molar refractivity (Wildman–Crippen MR) is 50.0 cm³/mol. The average Bonchev–Trinajstić information content (AvgIpc) is 1.97. The highest BCUT2D eigenvalue weighted by molar-refractivity contribution is 9.10. The molecule has 0 atom stereocenters. The van der Waals surface area contributed by atoms with Crippen molar-refractivity contribution in [3.8, 4) is 5.75 Å². The van der Waals surface area contributed by atoms with Crippen LogP contribution in [-0.2, 0) is 0 Å². The van der Waals surface area contributed by atoms with Gasteiger partial charge in [-0.1, -0.05) is 22.0 Å². The van der Waals surface area contributed by atoms with E-state index in [9.17, 15) is 5.11 Å². The van der Waals surface area contributed by atoms with Gasteiger partial charge in [-0.05, 0) is 31.9 Å². The van der Waals surface area contributed by atoms with Gasteiger partial charge in [0.15, 0.2) is 0 Å². The Morgan fingerprint density at radius 2 is 1.73 bits per heavy atom. The van der Waals surface area contributed by atoms with Crippen LogP contribution in [0.25, 0.3) is 0 Å². The minimum absolute atomic E-state index is 0.391. The zero-order chi connectivity index (χ0) is 8.59. The van der Waals surface area contributed by atoms with Crippen LogP contribution in [0.15, 0.2) is 10.5 Å². The molecule has 0 spiro atoms. The summed E-state index contributed by atoms with van der Waals surface area (Å²) in [7, 11) is 0. The van der Waals surface area contributed by atoms with E-state index in [1.54, 1.807) is 0 Å². The first kappa shape index (κ1) is 8.60. The van der Waals surface area contributed by atoms with Crippen molar-refractivity contribution in [1.29, 1.82) is 0 Å². The molecule has 0 aliphatic rings. The second-order valence-electron chi connectivity index (χ2n) is 2.80. The van der Waals surface area contributed by atoms with Gasteiger partial charge in [-0.3, -0.25) is 0 Å². The van der Waals surface area contributed by atoms with Crippen molar-refractivity contribution in [2.45, 2.75) is 20.8 Å². The summed E-state index contributed by atoms with van der Waals surface area (Å²) in [6.07, 6.45) is 0. The Balaban J connectivity index is 3.46. The molecule has 60 valence electrons. The summed E-state index contributed by atoms with van der Waals surface area (Å²) < 4.78 is 1.00. The Morgan fingerprint density at radius 3 is 2.27 bits per heavy atom. The average molecular weight is 215 g/mol. The molecule has 1 rings (SSSR count). The molecule has 0 aromatic heterocycles. The van der Waals surface area contributed by atoms with Gasteiger partial charge in [0.05, 0.1) is 0 Å². The lowest BCUT2D eigenvalue weighted by Crippen LogP contribution is -1.85. The molecule has 0 saturated heterocycles. The number of halogens is 1. The van der Waals surface area contributed by atoms with Gasteiger partial charge >= 0.3 is 0 Å². The fourth-order valence-electron chi connectivity index (χ4n) is 1.15. The topological polar surface area (TPSA) is 20.2 Å². The Kier molecular flexibility index (Phi) is 2.23. The van der Waals surface area contributed by atoms with E-state index >= 15 is 0 Å². The maximum absolute atomic E-state index is 9.48. The second-order valence-corrected chi connectivity index (χ2v) is 3.59. The van der Waals surface area contributed by atoms with Gasteiger partial charge in [0, 0.05) is 10.0 Å². The van der Waals surface area contributed by atoms with Crippen LogP contribution in [0.1, 0.15) is 16.7 Å². The smallest absolute Gasteiger partial charge is 0.122 e. The van der Waals surface area contributed by atoms with Gasteiger partial charge in [0.1, 0.15) is 5.75 Å². The van der Waals surface area contributed by atoms with Gasteiger partial charge in [0.2, 0.25) is 0 Å². The molecule has 1 aromatic carbocycles. The van der Waals surface area contributed by atoms with Gasteiger partial charge in [-0.15, -0.1) is 0 Å². The molecule has 2 heteroatoms. The summed E-state index contributed by atoms with van der Waals surface area (Å²) in [6, 6.07) is 1.96. The molecule has 0 aliphatic heterocycles. The van der Waals surface area contributed by atoms with Crippen molar-refractivity contribution in [3.05, 3.63) is 27.2 Å². The lowest BCUT2D eigenvalue weighted by Gasteiger charge is -2.07. The lowest BCUT2D eigenvalue weighted by molar-refractivity contribution is 0.466. The van der Waals surface area contributed by atoms with Crippen molar-refractivity contribution in [2.24, 2.45) is 0 Å². The first-order valence-electron chi connectivity index (χ1n) is 3.49. The zero-order valence-electron chi connectivity index (χ0n) is 6.90. The fraction of sp³-hybridized carbons (Fsp3) is 0.333. The molecule has 0 radical (unpaired) electrons. The second kappa shape index (κ2) is 2.86. The maximum Gasteiger partial charge on any atom is 0.122 e. The zero-order valence-corrected chi connectivity index (χ0v) is 8.49. The molecule has 0 bridgehead atoms. The highest BCUT2D eigenvalue weighted by Crippen LogP contribution is 2.31. The Morgan fingerprint density at radius 1 is 1.18 bits per heavy atom. The number of benzene rings is 1. The Hall–Kier alpha value is -0.500. The van der Waals surface area contributed by atoms with Crippen molar-refractivity contribution in [1.82, 2.24) is 0 Å². The minimum atomic E-state index is 0.391. The SMILES string of the molecule is Cc1cc(C)c(Br)c(C)c1O. The van der Waals surface area contributed by atoms with Gasteiger partial charge in [-0.25, -0.2) is 0 Å². The molecule has 1 N–H and O–H groups in total. The number of aryl methyl sites for hydroxylation is 2. The highest BCUT2D eigenvalue weighted by atomic mass is 79.9. The normalized spacial score (nSPS) is 10.2. The van der Waals surface area contributed by atoms with E-state index in [0.29, 0.717) is 5.75 Å². The van der Waals surface area contributed by atoms with E-state index < -0.39 is 0 Å². The summed E-state index contributed by atoms with van der Waals surface area (Å²) in [5.41, 5.74) is 3.02. The molecule has 0 unspecified atom stereocenters. The number of phenols is 1. The fourth-order valence-corrected chi connectivity index (χ4v) is 1.45. The third-order valence-electron chi connectivity index (χ3n) is 1.84. The van der Waals surface area contributed by atoms with E-state index in [1.165, 1.54) is 0 Å². The molecule has 0 amide bonds. The van der Waals surface area contributed by atoms with Crippen LogP contribution in [0.5, 0.6) is 5.75 Å². The Bertz CT molecular complexity index is 266. The van der Waals surface area contributed by atoms with Crippen LogP contribution in [-0.4, -0.2) is 5.11 Å². The van der Waals surface area contributed by atoms with Gasteiger partial charge < -0.3 is 5.11 Å². The summed E-state index contributed by atoms with van der Waals surface area (Å²) in [4.78, 5) is 0. The highest BCUT2D eigenvalue weighted by Gasteiger charge is 2.06. The van der Waals surface area contributed by atoms with Crippen LogP contribution in [0, 0.1) is 20.8 Å². The van der Waals surface area contributed by atoms with Crippen molar-refractivity contribution in [2.75, 3.05) is 0 Å². The van der Waals surface area contributed by atoms with Gasteiger partial charge in [0.25, 0.3) is 0 Å². The molecule has 11 heavy (non-hydrogen) atoms. The first-order valence-corrected chi connectivity index (χ1v) is 4.28. The van der Waals surface area contributed by atoms with E-state index in [4.69, 9.17) is 0 Å². The van der Waals surface area contributed by atoms with Crippen LogP contribution < -0.4 is 0 Å². The summed E-state index contributed by atoms with van der Waals surface area (Å²) in [5.74, 6) is 0.391. The number of aromatic hydroxyl groups is 1. The maximum atomic E-state index is 9.48. The number of hydrogen-bond donors (Lipinski definition) is 1. The molecular weight excluding hydrogens is 204 g/mol. The van der Waals surface area contributed by atoms with Crippen LogP contribution in [0.4, 0.5) is 0 Å². The monoisotopic (exact) mass is 214 g/mol. The Labute approximate surface area is 75.2 Å². The standard InChI is InChI=1S/C9H11BrO/c1-5-4-6(2)9(11)7(3)8(5)10/h4,11H,1-3H3. The molecule has 0 aliphatic carbocycles. The van der Waals surface area contributed by atoms with E-state index in [0.717, 1.165) is 21.2 Å². The molecule has 1 aromatic rings. The molecule has 0 saturated carbocycles. The minimum Gasteiger partial charge on any atom is -0.507 e. The molecule has 0 heterocycles. The van der Waals surface area contributed by atoms with Crippen molar-refractivity contribution in [3.63, 3.8) is 0 Å². The molecule has 0 fully saturated rings. The van der Waals surface area contributed by atoms with Crippen LogP contribution in [0.2, 0.25) is 0 Å². The lowest BCUT2D eigenvalue weighted by atomic mass is 10.1. The van der Waals surface area contributed by atoms with Crippen LogP contribution in [0.3, 0.4) is 0 Å². The van der Waals surface area contributed by atoms with Crippen molar-refractivity contribution < 1.29 is 5.11 Å². The summed E-state index contributed by atoms with van der Waals surface area (Å²) >= 11 is 3.40. The molecule has 1 nitrogen and oxygen atoms in total. The van der Waals surface area contributed by atoms with E-state index in [1.807, 2.05) is 26.8 Å². The summed E-state index contributed by atoms with van der Waals surface area (Å²) in [6.45, 7) is 5.82. The largest absolute Gasteiger partial charge is 0.507 e. The van der Waals surface area contributed by atoms with E-state index in [2.05, 4.69) is 15.9 Å². The van der Waals surface area contributed by atoms with Gasteiger partial charge in [-0.2, -0.15) is 0 Å². The van der Waals surface area contributed by atoms with E-state index in [-0.39, 0.29) is 0 Å².